The third-order valence-corrected chi connectivity index (χ3v) is 6.25. The van der Waals surface area contributed by atoms with Crippen molar-refractivity contribution < 1.29 is 23.6 Å². The zero-order valence-electron chi connectivity index (χ0n) is 17.7. The van der Waals surface area contributed by atoms with Gasteiger partial charge in [0.05, 0.1) is 21.2 Å². The van der Waals surface area contributed by atoms with E-state index in [1.165, 1.54) is 36.0 Å². The number of fused-ring (bicyclic) bond motifs is 2. The number of ether oxygens (including phenoxy) is 2. The summed E-state index contributed by atoms with van der Waals surface area (Å²) in [6.07, 6.45) is 0. The van der Waals surface area contributed by atoms with Crippen LogP contribution in [-0.4, -0.2) is 32.4 Å². The summed E-state index contributed by atoms with van der Waals surface area (Å²) in [6, 6.07) is 15.3. The highest BCUT2D eigenvalue weighted by Crippen LogP contribution is 2.35. The van der Waals surface area contributed by atoms with Crippen LogP contribution in [0.2, 0.25) is 0 Å². The number of imidazole rings is 1. The third-order valence-electron chi connectivity index (χ3n) is 5.19. The van der Waals surface area contributed by atoms with E-state index in [0.29, 0.717) is 39.1 Å². The minimum absolute atomic E-state index is 0.0959. The zero-order valence-corrected chi connectivity index (χ0v) is 18.5. The number of amides is 1. The summed E-state index contributed by atoms with van der Waals surface area (Å²) in [4.78, 5) is 28.1. The molecule has 3 aromatic carbocycles. The maximum absolute atomic E-state index is 13.5. The molecule has 4 aromatic rings. The van der Waals surface area contributed by atoms with E-state index >= 15 is 0 Å². The van der Waals surface area contributed by atoms with Crippen molar-refractivity contribution >= 4 is 40.1 Å². The molecule has 0 spiro atoms. The molecule has 172 valence electrons. The van der Waals surface area contributed by atoms with Crippen LogP contribution in [0.4, 0.5) is 15.8 Å². The molecular weight excluding hydrogens is 463 g/mol. The van der Waals surface area contributed by atoms with Crippen molar-refractivity contribution in [3.63, 3.8) is 0 Å². The predicted octanol–water partition coefficient (Wildman–Crippen LogP) is 4.92. The lowest BCUT2D eigenvalue weighted by Crippen LogP contribution is -2.22. The monoisotopic (exact) mass is 480 g/mol. The van der Waals surface area contributed by atoms with Crippen molar-refractivity contribution in [2.45, 2.75) is 17.3 Å². The topological polar surface area (TPSA) is 109 Å². The molecule has 1 aromatic heterocycles. The molecule has 0 aliphatic carbocycles. The first-order valence-electron chi connectivity index (χ1n) is 10.2. The van der Waals surface area contributed by atoms with Gasteiger partial charge in [0.1, 0.15) is 5.82 Å². The molecular formula is C23H17FN4O5S. The van der Waals surface area contributed by atoms with Gasteiger partial charge in [-0.05, 0) is 49.4 Å². The molecule has 0 saturated heterocycles. The molecule has 0 radical (unpaired) electrons. The van der Waals surface area contributed by atoms with Crippen LogP contribution in [0.3, 0.4) is 0 Å². The Morgan fingerprint density at radius 3 is 2.68 bits per heavy atom. The van der Waals surface area contributed by atoms with Gasteiger partial charge in [0.2, 0.25) is 12.7 Å². The second-order valence-electron chi connectivity index (χ2n) is 7.45. The van der Waals surface area contributed by atoms with Crippen molar-refractivity contribution in [2.24, 2.45) is 0 Å². The predicted molar refractivity (Wildman–Crippen MR) is 124 cm³/mol. The average molecular weight is 480 g/mol. The van der Waals surface area contributed by atoms with Gasteiger partial charge in [-0.15, -0.1) is 0 Å². The molecule has 9 nitrogen and oxygen atoms in total. The van der Waals surface area contributed by atoms with E-state index in [-0.39, 0.29) is 18.4 Å². The summed E-state index contributed by atoms with van der Waals surface area (Å²) in [5.41, 5.74) is 2.07. The van der Waals surface area contributed by atoms with Crippen LogP contribution >= 0.6 is 11.8 Å². The van der Waals surface area contributed by atoms with E-state index in [2.05, 4.69) is 10.3 Å². The van der Waals surface area contributed by atoms with Gasteiger partial charge < -0.3 is 14.8 Å². The number of halogens is 1. The molecule has 11 heteroatoms. The van der Waals surface area contributed by atoms with E-state index in [1.54, 1.807) is 47.9 Å². The molecule has 0 saturated carbocycles. The number of carbonyl (C=O) groups excluding carboxylic acids is 1. The van der Waals surface area contributed by atoms with Crippen LogP contribution in [0.15, 0.2) is 65.8 Å². The Bertz CT molecular complexity index is 1420. The number of carbonyl (C=O) groups is 1. The first-order chi connectivity index (χ1) is 16.4. The van der Waals surface area contributed by atoms with Crippen molar-refractivity contribution in [1.29, 1.82) is 0 Å². The Morgan fingerprint density at radius 1 is 1.15 bits per heavy atom. The number of nitrogens with zero attached hydrogens (tertiary/aromatic N) is 3. The molecule has 1 aliphatic heterocycles. The number of anilines is 1. The molecule has 5 rings (SSSR count). The number of hydrogen-bond donors (Lipinski definition) is 1. The van der Waals surface area contributed by atoms with E-state index in [0.717, 1.165) is 0 Å². The van der Waals surface area contributed by atoms with E-state index in [9.17, 15) is 19.3 Å². The maximum Gasteiger partial charge on any atom is 0.271 e. The number of non-ortho nitro benzene ring substituents is 1. The Labute approximate surface area is 196 Å². The number of benzene rings is 3. The van der Waals surface area contributed by atoms with Gasteiger partial charge in [-0.1, -0.05) is 11.8 Å². The molecule has 1 amide bonds. The number of nitrogens with one attached hydrogen (secondary N) is 1. The quantitative estimate of drug-likeness (QED) is 0.237. The van der Waals surface area contributed by atoms with Crippen LogP contribution in [0, 0.1) is 15.9 Å². The van der Waals surface area contributed by atoms with E-state index in [1.807, 2.05) is 0 Å². The summed E-state index contributed by atoms with van der Waals surface area (Å²) in [5, 5.41) is 13.9. The molecule has 1 atom stereocenters. The molecule has 34 heavy (non-hydrogen) atoms. The summed E-state index contributed by atoms with van der Waals surface area (Å²) in [7, 11) is 0. The fourth-order valence-corrected chi connectivity index (χ4v) is 4.45. The van der Waals surface area contributed by atoms with Crippen LogP contribution in [0.25, 0.3) is 16.7 Å². The summed E-state index contributed by atoms with van der Waals surface area (Å²) in [5.74, 6) is 0.502. The average Bonchev–Trinajstić information content (AvgIpc) is 3.42. The number of hydrogen-bond acceptors (Lipinski definition) is 7. The number of nitro groups is 1. The Hall–Kier alpha value is -4.12. The van der Waals surface area contributed by atoms with E-state index < -0.39 is 16.0 Å². The standard InChI is InChI=1S/C23H17FN4O5S/c1-13(22(29)25-15-4-9-20-21(10-15)33-12-32-20)34-23-26-18-11-17(28(30)31)7-8-19(18)27(23)16-5-2-14(24)3-6-16/h2-11,13H,12H2,1H3,(H,25,29)/t13-/m1/s1. The Kier molecular flexibility index (Phi) is 5.54. The van der Waals surface area contributed by atoms with Gasteiger partial charge in [-0.3, -0.25) is 19.5 Å². The Morgan fingerprint density at radius 2 is 1.91 bits per heavy atom. The normalized spacial score (nSPS) is 13.1. The van der Waals surface area contributed by atoms with Crippen LogP contribution in [0.5, 0.6) is 11.5 Å². The lowest BCUT2D eigenvalue weighted by molar-refractivity contribution is -0.384. The second-order valence-corrected chi connectivity index (χ2v) is 8.76. The SMILES string of the molecule is C[C@@H](Sc1nc2cc([N+](=O)[O-])ccc2n1-c1ccc(F)cc1)C(=O)Nc1ccc2c(c1)OCO2. The first-order valence-corrected chi connectivity index (χ1v) is 11.1. The summed E-state index contributed by atoms with van der Waals surface area (Å²) >= 11 is 1.18. The second kappa shape index (κ2) is 8.67. The first kappa shape index (κ1) is 21.7. The highest BCUT2D eigenvalue weighted by Gasteiger charge is 2.22. The maximum atomic E-state index is 13.5. The zero-order chi connectivity index (χ0) is 23.8. The largest absolute Gasteiger partial charge is 0.454 e. The molecule has 2 heterocycles. The van der Waals surface area contributed by atoms with Crippen molar-refractivity contribution in [3.05, 3.63) is 76.6 Å². The number of rotatable bonds is 6. The number of aromatic nitrogens is 2. The van der Waals surface area contributed by atoms with Gasteiger partial charge in [-0.2, -0.15) is 0 Å². The van der Waals surface area contributed by atoms with Crippen LogP contribution in [-0.2, 0) is 4.79 Å². The van der Waals surface area contributed by atoms with Crippen molar-refractivity contribution in [2.75, 3.05) is 12.1 Å². The fraction of sp³-hybridized carbons (Fsp3) is 0.130. The lowest BCUT2D eigenvalue weighted by Gasteiger charge is -2.14. The Balaban J connectivity index is 1.45. The number of nitro benzene ring substituents is 1. The van der Waals surface area contributed by atoms with Crippen LogP contribution in [0.1, 0.15) is 6.92 Å². The molecule has 0 fully saturated rings. The minimum Gasteiger partial charge on any atom is -0.454 e. The molecule has 0 bridgehead atoms. The third kappa shape index (κ3) is 4.13. The van der Waals surface area contributed by atoms with E-state index in [4.69, 9.17) is 9.47 Å². The van der Waals surface area contributed by atoms with Gasteiger partial charge in [0.15, 0.2) is 16.7 Å². The highest BCUT2D eigenvalue weighted by atomic mass is 32.2. The fourth-order valence-electron chi connectivity index (χ4n) is 3.51. The van der Waals surface area contributed by atoms with Crippen molar-refractivity contribution in [1.82, 2.24) is 9.55 Å². The van der Waals surface area contributed by atoms with Gasteiger partial charge in [0.25, 0.3) is 5.69 Å². The van der Waals surface area contributed by atoms with Gasteiger partial charge >= 0.3 is 0 Å². The smallest absolute Gasteiger partial charge is 0.271 e. The van der Waals surface area contributed by atoms with Gasteiger partial charge in [0, 0.05) is 29.6 Å². The highest BCUT2D eigenvalue weighted by molar-refractivity contribution is 8.00. The summed E-state index contributed by atoms with van der Waals surface area (Å²) < 4.78 is 25.9. The number of thioether (sulfide) groups is 1. The molecule has 0 unspecified atom stereocenters. The van der Waals surface area contributed by atoms with Crippen LogP contribution < -0.4 is 14.8 Å². The summed E-state index contributed by atoms with van der Waals surface area (Å²) in [6.45, 7) is 1.86. The van der Waals surface area contributed by atoms with Gasteiger partial charge in [-0.25, -0.2) is 9.37 Å². The lowest BCUT2D eigenvalue weighted by atomic mass is 10.2. The van der Waals surface area contributed by atoms with Crippen molar-refractivity contribution in [3.8, 4) is 17.2 Å². The molecule has 1 N–H and O–H groups in total. The molecule has 1 aliphatic rings. The minimum atomic E-state index is -0.573.